The Bertz CT molecular complexity index is 1210. The Morgan fingerprint density at radius 3 is 2.52 bits per heavy atom. The molecular formula is C23H26N8. The largest absolute Gasteiger partial charge is 0.355 e. The van der Waals surface area contributed by atoms with Crippen LogP contribution in [0.1, 0.15) is 25.7 Å². The Balaban J connectivity index is 1.30. The van der Waals surface area contributed by atoms with Gasteiger partial charge in [-0.15, -0.1) is 10.2 Å². The summed E-state index contributed by atoms with van der Waals surface area (Å²) in [5.41, 5.74) is 4.98. The first-order valence-electron chi connectivity index (χ1n) is 10.9. The number of anilines is 1. The molecule has 2 aliphatic rings. The van der Waals surface area contributed by atoms with Crippen LogP contribution in [-0.4, -0.2) is 55.3 Å². The highest BCUT2D eigenvalue weighted by atomic mass is 15.3. The molecule has 8 nitrogen and oxygen atoms in total. The average molecular weight is 415 g/mol. The lowest BCUT2D eigenvalue weighted by atomic mass is 9.98. The summed E-state index contributed by atoms with van der Waals surface area (Å²) >= 11 is 0. The molecule has 3 atom stereocenters. The van der Waals surface area contributed by atoms with Crippen molar-refractivity contribution in [2.45, 2.75) is 43.8 Å². The monoisotopic (exact) mass is 414 g/mol. The second kappa shape index (κ2) is 7.16. The van der Waals surface area contributed by atoms with Crippen molar-refractivity contribution >= 4 is 16.7 Å². The third-order valence-electron chi connectivity index (χ3n) is 6.92. The number of rotatable bonds is 4. The maximum atomic E-state index is 4.58. The van der Waals surface area contributed by atoms with Gasteiger partial charge < -0.3 is 10.2 Å². The zero-order chi connectivity index (χ0) is 20.9. The van der Waals surface area contributed by atoms with E-state index in [-0.39, 0.29) is 0 Å². The van der Waals surface area contributed by atoms with Gasteiger partial charge in [-0.3, -0.25) is 9.78 Å². The SMILES string of the molecule is CN(c1ccc(-c2ccc(-c3cnn(C)c3)c3cn[nH]c23)nn1)C1C[C@H]2CC[C@@H](C1)N2. The molecule has 1 aromatic carbocycles. The van der Waals surface area contributed by atoms with Crippen LogP contribution in [0.2, 0.25) is 0 Å². The number of hydrogen-bond donors (Lipinski definition) is 2. The van der Waals surface area contributed by atoms with Crippen molar-refractivity contribution in [3.8, 4) is 22.4 Å². The Labute approximate surface area is 180 Å². The minimum atomic E-state index is 0.525. The highest BCUT2D eigenvalue weighted by Crippen LogP contribution is 2.34. The molecule has 0 aliphatic carbocycles. The number of aromatic amines is 1. The molecular weight excluding hydrogens is 388 g/mol. The van der Waals surface area contributed by atoms with Gasteiger partial charge in [-0.1, -0.05) is 6.07 Å². The van der Waals surface area contributed by atoms with Crippen molar-refractivity contribution in [3.05, 3.63) is 42.9 Å². The smallest absolute Gasteiger partial charge is 0.151 e. The number of H-pyrrole nitrogens is 1. The molecule has 2 saturated heterocycles. The number of aromatic nitrogens is 6. The summed E-state index contributed by atoms with van der Waals surface area (Å²) in [6, 6.07) is 10.2. The Kier molecular flexibility index (Phi) is 4.27. The summed E-state index contributed by atoms with van der Waals surface area (Å²) in [6.45, 7) is 0. The first-order valence-corrected chi connectivity index (χ1v) is 10.9. The summed E-state index contributed by atoms with van der Waals surface area (Å²) in [7, 11) is 4.07. The lowest BCUT2D eigenvalue weighted by molar-refractivity contribution is 0.353. The van der Waals surface area contributed by atoms with Gasteiger partial charge in [-0.2, -0.15) is 10.2 Å². The number of piperidine rings is 1. The van der Waals surface area contributed by atoms with E-state index < -0.39 is 0 Å². The van der Waals surface area contributed by atoms with E-state index >= 15 is 0 Å². The van der Waals surface area contributed by atoms with Crippen LogP contribution in [0, 0.1) is 0 Å². The molecule has 8 heteroatoms. The molecule has 6 rings (SSSR count). The van der Waals surface area contributed by atoms with Crippen molar-refractivity contribution < 1.29 is 0 Å². The van der Waals surface area contributed by atoms with Crippen LogP contribution in [-0.2, 0) is 7.05 Å². The summed E-state index contributed by atoms with van der Waals surface area (Å²) in [6.07, 6.45) is 10.7. The van der Waals surface area contributed by atoms with Gasteiger partial charge >= 0.3 is 0 Å². The fourth-order valence-electron chi connectivity index (χ4n) is 5.25. The fraction of sp³-hybridized carbons (Fsp3) is 0.391. The molecule has 2 bridgehead atoms. The van der Waals surface area contributed by atoms with Crippen molar-refractivity contribution in [3.63, 3.8) is 0 Å². The zero-order valence-corrected chi connectivity index (χ0v) is 17.8. The maximum absolute atomic E-state index is 4.58. The Morgan fingerprint density at radius 1 is 1.00 bits per heavy atom. The van der Waals surface area contributed by atoms with Crippen LogP contribution in [0.4, 0.5) is 5.82 Å². The van der Waals surface area contributed by atoms with Gasteiger partial charge in [0.1, 0.15) is 0 Å². The molecule has 2 fully saturated rings. The van der Waals surface area contributed by atoms with Crippen molar-refractivity contribution in [2.24, 2.45) is 7.05 Å². The van der Waals surface area contributed by atoms with Gasteiger partial charge in [0.15, 0.2) is 5.82 Å². The fourth-order valence-corrected chi connectivity index (χ4v) is 5.25. The van der Waals surface area contributed by atoms with E-state index in [9.17, 15) is 0 Å². The second-order valence-corrected chi connectivity index (χ2v) is 8.87. The average Bonchev–Trinajstić information content (AvgIpc) is 3.53. The van der Waals surface area contributed by atoms with Crippen LogP contribution in [0.25, 0.3) is 33.3 Å². The van der Waals surface area contributed by atoms with Gasteiger partial charge in [0, 0.05) is 54.9 Å². The Hall–Kier alpha value is -3.26. The topological polar surface area (TPSA) is 87.6 Å². The van der Waals surface area contributed by atoms with E-state index in [1.165, 1.54) is 25.7 Å². The van der Waals surface area contributed by atoms with E-state index in [4.69, 9.17) is 0 Å². The quantitative estimate of drug-likeness (QED) is 0.533. The second-order valence-electron chi connectivity index (χ2n) is 8.87. The van der Waals surface area contributed by atoms with Gasteiger partial charge in [0.25, 0.3) is 0 Å². The minimum Gasteiger partial charge on any atom is -0.355 e. The molecule has 0 radical (unpaired) electrons. The van der Waals surface area contributed by atoms with Crippen molar-refractivity contribution in [2.75, 3.05) is 11.9 Å². The predicted octanol–water partition coefficient (Wildman–Crippen LogP) is 3.14. The van der Waals surface area contributed by atoms with E-state index in [2.05, 4.69) is 67.0 Å². The van der Waals surface area contributed by atoms with Crippen LogP contribution >= 0.6 is 0 Å². The molecule has 0 saturated carbocycles. The van der Waals surface area contributed by atoms with Gasteiger partial charge in [0.2, 0.25) is 0 Å². The number of aryl methyl sites for hydroxylation is 1. The zero-order valence-electron chi connectivity index (χ0n) is 17.8. The van der Waals surface area contributed by atoms with Crippen LogP contribution in [0.15, 0.2) is 42.9 Å². The number of benzene rings is 1. The standard InChI is InChI=1S/C23H26N8/c1-30-13-14(11-25-30)18-5-6-19(23-20(18)12-24-29-23)21-7-8-22(28-27-21)31(2)17-9-15-3-4-16(10-17)26-15/h5-8,11-13,15-17,26H,3-4,9-10H2,1-2H3,(H,24,29)/t15-,16+,17?. The predicted molar refractivity (Wildman–Crippen MR) is 121 cm³/mol. The lowest BCUT2D eigenvalue weighted by Crippen LogP contribution is -2.47. The first kappa shape index (κ1) is 18.5. The maximum Gasteiger partial charge on any atom is 0.151 e. The van der Waals surface area contributed by atoms with Crippen LogP contribution < -0.4 is 10.2 Å². The first-order chi connectivity index (χ1) is 15.2. The molecule has 1 unspecified atom stereocenters. The summed E-state index contributed by atoms with van der Waals surface area (Å²) in [4.78, 5) is 2.31. The number of fused-ring (bicyclic) bond motifs is 3. The van der Waals surface area contributed by atoms with E-state index in [0.29, 0.717) is 18.1 Å². The third-order valence-corrected chi connectivity index (χ3v) is 6.92. The molecule has 5 heterocycles. The van der Waals surface area contributed by atoms with Crippen molar-refractivity contribution in [1.82, 2.24) is 35.5 Å². The summed E-state index contributed by atoms with van der Waals surface area (Å²) in [5, 5.41) is 25.7. The highest BCUT2D eigenvalue weighted by Gasteiger charge is 2.35. The molecule has 158 valence electrons. The molecule has 0 spiro atoms. The van der Waals surface area contributed by atoms with Crippen LogP contribution in [0.5, 0.6) is 0 Å². The number of nitrogens with one attached hydrogen (secondary N) is 2. The van der Waals surface area contributed by atoms with Crippen molar-refractivity contribution in [1.29, 1.82) is 0 Å². The molecule has 31 heavy (non-hydrogen) atoms. The highest BCUT2D eigenvalue weighted by molar-refractivity contribution is 6.01. The minimum absolute atomic E-state index is 0.525. The summed E-state index contributed by atoms with van der Waals surface area (Å²) < 4.78 is 1.81. The van der Waals surface area contributed by atoms with Gasteiger partial charge in [-0.05, 0) is 49.4 Å². The van der Waals surface area contributed by atoms with E-state index in [1.54, 1.807) is 0 Å². The van der Waals surface area contributed by atoms with Gasteiger partial charge in [0.05, 0.1) is 23.6 Å². The molecule has 3 aromatic heterocycles. The van der Waals surface area contributed by atoms with Crippen LogP contribution in [0.3, 0.4) is 0 Å². The third kappa shape index (κ3) is 3.18. The molecule has 0 amide bonds. The lowest BCUT2D eigenvalue weighted by Gasteiger charge is -2.36. The van der Waals surface area contributed by atoms with Gasteiger partial charge in [-0.25, -0.2) is 0 Å². The van der Waals surface area contributed by atoms with E-state index in [1.807, 2.05) is 30.3 Å². The number of nitrogens with zero attached hydrogens (tertiary/aromatic N) is 6. The normalized spacial score (nSPS) is 22.8. The molecule has 4 aromatic rings. The molecule has 2 N–H and O–H groups in total. The summed E-state index contributed by atoms with van der Waals surface area (Å²) in [5.74, 6) is 0.933. The number of hydrogen-bond acceptors (Lipinski definition) is 6. The molecule has 2 aliphatic heterocycles. The van der Waals surface area contributed by atoms with E-state index in [0.717, 1.165) is 39.1 Å². The Morgan fingerprint density at radius 2 is 1.81 bits per heavy atom.